The highest BCUT2D eigenvalue weighted by Gasteiger charge is 2.41. The van der Waals surface area contributed by atoms with Gasteiger partial charge in [0.25, 0.3) is 0 Å². The lowest BCUT2D eigenvalue weighted by Crippen LogP contribution is -2.18. The number of ketones is 2. The second-order valence-corrected chi connectivity index (χ2v) is 15.2. The number of phenols is 1. The van der Waals surface area contributed by atoms with E-state index in [1.54, 1.807) is 12.1 Å². The highest BCUT2D eigenvalue weighted by molar-refractivity contribution is 6.29. The first kappa shape index (κ1) is 31.4. The Balaban J connectivity index is 1.36. The molecule has 0 saturated carbocycles. The quantitative estimate of drug-likeness (QED) is 0.179. The minimum absolute atomic E-state index is 0.129. The van der Waals surface area contributed by atoms with Crippen LogP contribution in [0.5, 0.6) is 11.5 Å². The lowest BCUT2D eigenvalue weighted by atomic mass is 9.78. The molecule has 0 spiro atoms. The van der Waals surface area contributed by atoms with Crippen LogP contribution in [0.1, 0.15) is 123 Å². The SMILES string of the molecule is CC(C)(C)c1ccc2c(c1)C(=O)[C@H](c1ccc3cccc(OCCCc4cc(C(C)(C)C)c(O)c(C(C)(C)C)c4)c3n1)C2=O. The summed E-state index contributed by atoms with van der Waals surface area (Å²) in [5, 5.41) is 11.9. The number of fused-ring (bicyclic) bond motifs is 2. The van der Waals surface area contributed by atoms with Crippen molar-refractivity contribution >= 4 is 22.5 Å². The minimum atomic E-state index is -0.943. The summed E-state index contributed by atoms with van der Waals surface area (Å²) in [6.45, 7) is 19.5. The molecule has 230 valence electrons. The number of aromatic nitrogens is 1. The highest BCUT2D eigenvalue weighted by atomic mass is 16.5. The van der Waals surface area contributed by atoms with E-state index in [2.05, 4.69) is 74.4 Å². The van der Waals surface area contributed by atoms with Gasteiger partial charge in [-0.2, -0.15) is 0 Å². The van der Waals surface area contributed by atoms with E-state index in [1.165, 1.54) is 5.56 Å². The molecule has 0 unspecified atom stereocenters. The molecule has 5 nitrogen and oxygen atoms in total. The number of carbonyl (C=O) groups excluding carboxylic acids is 2. The normalized spacial score (nSPS) is 15.6. The Labute approximate surface area is 261 Å². The number of aromatic hydroxyl groups is 1. The molecule has 0 amide bonds. The van der Waals surface area contributed by atoms with Crippen LogP contribution in [0.4, 0.5) is 0 Å². The second-order valence-electron chi connectivity index (χ2n) is 15.2. The van der Waals surface area contributed by atoms with Crippen molar-refractivity contribution in [3.8, 4) is 11.5 Å². The Morgan fingerprint density at radius 2 is 1.39 bits per heavy atom. The van der Waals surface area contributed by atoms with Crippen LogP contribution >= 0.6 is 0 Å². The van der Waals surface area contributed by atoms with Crippen molar-refractivity contribution in [2.75, 3.05) is 6.61 Å². The lowest BCUT2D eigenvalue weighted by Gasteiger charge is -2.28. The number of ether oxygens (including phenoxy) is 1. The third-order valence-corrected chi connectivity index (χ3v) is 8.59. The van der Waals surface area contributed by atoms with Crippen molar-refractivity contribution in [1.82, 2.24) is 4.98 Å². The van der Waals surface area contributed by atoms with Crippen LogP contribution in [-0.4, -0.2) is 28.3 Å². The van der Waals surface area contributed by atoms with E-state index < -0.39 is 5.92 Å². The number of nitrogens with zero attached hydrogens (tertiary/aromatic N) is 1. The average Bonchev–Trinajstić information content (AvgIpc) is 3.18. The third kappa shape index (κ3) is 6.02. The molecule has 0 fully saturated rings. The maximum Gasteiger partial charge on any atom is 0.180 e. The van der Waals surface area contributed by atoms with E-state index >= 15 is 0 Å². The molecule has 1 aliphatic rings. The predicted molar refractivity (Wildman–Crippen MR) is 178 cm³/mol. The summed E-state index contributed by atoms with van der Waals surface area (Å²) in [6, 6.07) is 19.3. The molecule has 1 atom stereocenters. The van der Waals surface area contributed by atoms with Gasteiger partial charge in [-0.25, -0.2) is 4.98 Å². The van der Waals surface area contributed by atoms with Gasteiger partial charge in [-0.05, 0) is 69.5 Å². The number of phenolic OH excluding ortho intramolecular Hbond substituents is 1. The van der Waals surface area contributed by atoms with Crippen LogP contribution in [0, 0.1) is 0 Å². The molecular formula is C39H45NO4. The maximum absolute atomic E-state index is 13.5. The zero-order valence-electron chi connectivity index (χ0n) is 27.6. The van der Waals surface area contributed by atoms with Gasteiger partial charge in [-0.3, -0.25) is 9.59 Å². The number of carbonyl (C=O) groups is 2. The van der Waals surface area contributed by atoms with Crippen LogP contribution in [0.2, 0.25) is 0 Å². The first-order valence-corrected chi connectivity index (χ1v) is 15.6. The third-order valence-electron chi connectivity index (χ3n) is 8.59. The summed E-state index contributed by atoms with van der Waals surface area (Å²) in [5.74, 6) is -0.319. The zero-order valence-corrected chi connectivity index (χ0v) is 27.6. The predicted octanol–water partition coefficient (Wildman–Crippen LogP) is 9.01. The molecule has 5 rings (SSSR count). The molecular weight excluding hydrogens is 546 g/mol. The summed E-state index contributed by atoms with van der Waals surface area (Å²) >= 11 is 0. The number of para-hydroxylation sites is 1. The van der Waals surface area contributed by atoms with Gasteiger partial charge in [0, 0.05) is 16.5 Å². The molecule has 1 N–H and O–H groups in total. The van der Waals surface area contributed by atoms with E-state index in [1.807, 2.05) is 36.4 Å². The summed E-state index contributed by atoms with van der Waals surface area (Å²) in [7, 11) is 0. The van der Waals surface area contributed by atoms with Crippen molar-refractivity contribution in [2.45, 2.75) is 97.3 Å². The molecule has 0 bridgehead atoms. The monoisotopic (exact) mass is 591 g/mol. The smallest absolute Gasteiger partial charge is 0.180 e. The fourth-order valence-corrected chi connectivity index (χ4v) is 5.98. The fraction of sp³-hybridized carbons (Fsp3) is 0.410. The van der Waals surface area contributed by atoms with E-state index in [0.717, 1.165) is 34.9 Å². The first-order chi connectivity index (χ1) is 20.5. The highest BCUT2D eigenvalue weighted by Crippen LogP contribution is 2.40. The maximum atomic E-state index is 13.5. The molecule has 0 aliphatic heterocycles. The number of aryl methyl sites for hydroxylation is 1. The molecule has 4 aromatic rings. The van der Waals surface area contributed by atoms with Crippen LogP contribution in [0.15, 0.2) is 60.7 Å². The molecule has 3 aromatic carbocycles. The van der Waals surface area contributed by atoms with E-state index in [0.29, 0.717) is 40.4 Å². The van der Waals surface area contributed by atoms with Crippen molar-refractivity contribution in [3.63, 3.8) is 0 Å². The van der Waals surface area contributed by atoms with Crippen molar-refractivity contribution in [3.05, 3.63) is 99.7 Å². The van der Waals surface area contributed by atoms with Gasteiger partial charge in [-0.1, -0.05) is 105 Å². The molecule has 1 aromatic heterocycles. The first-order valence-electron chi connectivity index (χ1n) is 15.6. The number of benzene rings is 3. The number of Topliss-reactive ketones (excluding diaryl/α,β-unsaturated/α-hetero) is 2. The molecule has 0 radical (unpaired) electrons. The molecule has 5 heteroatoms. The van der Waals surface area contributed by atoms with Gasteiger partial charge >= 0.3 is 0 Å². The number of rotatable bonds is 6. The number of hydrogen-bond acceptors (Lipinski definition) is 5. The van der Waals surface area contributed by atoms with Crippen LogP contribution < -0.4 is 4.74 Å². The summed E-state index contributed by atoms with van der Waals surface area (Å²) in [5.41, 5.74) is 5.67. The van der Waals surface area contributed by atoms with E-state index in [4.69, 9.17) is 9.72 Å². The summed E-state index contributed by atoms with van der Waals surface area (Å²) in [4.78, 5) is 31.8. The van der Waals surface area contributed by atoms with Gasteiger partial charge in [0.1, 0.15) is 22.9 Å². The Morgan fingerprint density at radius 3 is 2.00 bits per heavy atom. The van der Waals surface area contributed by atoms with Crippen LogP contribution in [0.3, 0.4) is 0 Å². The average molecular weight is 592 g/mol. The number of pyridine rings is 1. The second kappa shape index (κ2) is 11.2. The van der Waals surface area contributed by atoms with Crippen molar-refractivity contribution in [1.29, 1.82) is 0 Å². The van der Waals surface area contributed by atoms with Crippen molar-refractivity contribution < 1.29 is 19.4 Å². The Kier molecular flexibility index (Phi) is 7.99. The topological polar surface area (TPSA) is 76.5 Å². The van der Waals surface area contributed by atoms with Crippen LogP contribution in [-0.2, 0) is 22.7 Å². The molecule has 1 aliphatic carbocycles. The van der Waals surface area contributed by atoms with Gasteiger partial charge in [0.05, 0.1) is 12.3 Å². The van der Waals surface area contributed by atoms with Gasteiger partial charge in [0.15, 0.2) is 11.6 Å². The van der Waals surface area contributed by atoms with Crippen LogP contribution in [0.25, 0.3) is 10.9 Å². The Bertz CT molecular complexity index is 1730. The number of hydrogen-bond donors (Lipinski definition) is 1. The van der Waals surface area contributed by atoms with Crippen molar-refractivity contribution in [2.24, 2.45) is 0 Å². The van der Waals surface area contributed by atoms with Gasteiger partial charge < -0.3 is 9.84 Å². The zero-order chi connectivity index (χ0) is 32.2. The summed E-state index contributed by atoms with van der Waals surface area (Å²) in [6.07, 6.45) is 1.58. The molecule has 44 heavy (non-hydrogen) atoms. The Morgan fingerprint density at radius 1 is 0.750 bits per heavy atom. The van der Waals surface area contributed by atoms with Gasteiger partial charge in [-0.15, -0.1) is 0 Å². The molecule has 0 saturated heterocycles. The Hall–Kier alpha value is -3.99. The summed E-state index contributed by atoms with van der Waals surface area (Å²) < 4.78 is 6.26. The van der Waals surface area contributed by atoms with E-state index in [-0.39, 0.29) is 27.8 Å². The fourth-order valence-electron chi connectivity index (χ4n) is 5.98. The standard InChI is InChI=1S/C39H45NO4/c1-37(2,3)25-16-17-26-27(22-25)35(42)32(34(26)41)30-18-15-24-13-10-14-31(33(24)40-30)44-19-11-12-23-20-28(38(4,5)6)36(43)29(21-23)39(7,8)9/h10,13-18,20-22,32,43H,11-12,19H2,1-9H3/t32-/m1/s1. The molecule has 1 heterocycles. The minimum Gasteiger partial charge on any atom is -0.507 e. The van der Waals surface area contributed by atoms with E-state index in [9.17, 15) is 14.7 Å². The largest absolute Gasteiger partial charge is 0.507 e. The lowest BCUT2D eigenvalue weighted by molar-refractivity contribution is 0.0888. The van der Waals surface area contributed by atoms with Gasteiger partial charge in [0.2, 0.25) is 0 Å².